The molecule has 7 heteroatoms. The summed E-state index contributed by atoms with van der Waals surface area (Å²) in [6, 6.07) is 7.06. The average Bonchev–Trinajstić information content (AvgIpc) is 3.06. The molecule has 124 valence electrons. The molecule has 7 nitrogen and oxygen atoms in total. The Labute approximate surface area is 135 Å². The number of anilines is 1. The number of rotatable bonds is 8. The van der Waals surface area contributed by atoms with Crippen molar-refractivity contribution in [3.63, 3.8) is 0 Å². The molecule has 0 radical (unpaired) electrons. The molecule has 2 rings (SSSR count). The third-order valence-corrected chi connectivity index (χ3v) is 3.33. The van der Waals surface area contributed by atoms with Gasteiger partial charge in [-0.3, -0.25) is 9.69 Å². The third kappa shape index (κ3) is 5.00. The summed E-state index contributed by atoms with van der Waals surface area (Å²) in [6.45, 7) is 1.24. The van der Waals surface area contributed by atoms with Gasteiger partial charge in [-0.2, -0.15) is 0 Å². The second-order valence-electron chi connectivity index (χ2n) is 5.09. The Hall–Kier alpha value is -2.54. The van der Waals surface area contributed by atoms with E-state index < -0.39 is 0 Å². The van der Waals surface area contributed by atoms with Gasteiger partial charge in [0.25, 0.3) is 0 Å². The number of carbonyl (C=O) groups excluding carboxylic acids is 1. The van der Waals surface area contributed by atoms with E-state index in [1.54, 1.807) is 38.5 Å². The number of nitrogens with one attached hydrogen (secondary N) is 1. The second-order valence-corrected chi connectivity index (χ2v) is 5.09. The number of carbonyl (C=O) groups is 1. The zero-order chi connectivity index (χ0) is 16.7. The Bertz CT molecular complexity index is 628. The van der Waals surface area contributed by atoms with Crippen molar-refractivity contribution in [2.24, 2.45) is 0 Å². The minimum atomic E-state index is -0.0829. The summed E-state index contributed by atoms with van der Waals surface area (Å²) in [5.74, 6) is 1.15. The van der Waals surface area contributed by atoms with E-state index in [9.17, 15) is 4.79 Å². The minimum absolute atomic E-state index is 0.0829. The lowest BCUT2D eigenvalue weighted by Crippen LogP contribution is -2.24. The van der Waals surface area contributed by atoms with E-state index in [4.69, 9.17) is 14.0 Å². The van der Waals surface area contributed by atoms with Gasteiger partial charge in [0.05, 0.1) is 25.6 Å². The summed E-state index contributed by atoms with van der Waals surface area (Å²) in [6.07, 6.45) is 1.90. The zero-order valence-electron chi connectivity index (χ0n) is 13.5. The Morgan fingerprint density at radius 3 is 2.78 bits per heavy atom. The first-order valence-corrected chi connectivity index (χ1v) is 7.22. The summed E-state index contributed by atoms with van der Waals surface area (Å²) in [4.78, 5) is 14.1. The van der Waals surface area contributed by atoms with Crippen molar-refractivity contribution < 1.29 is 18.8 Å². The summed E-state index contributed by atoms with van der Waals surface area (Å²) in [5.41, 5.74) is 1.46. The molecule has 1 amide bonds. The van der Waals surface area contributed by atoms with E-state index in [2.05, 4.69) is 10.5 Å². The molecule has 1 aromatic heterocycles. The molecule has 1 N–H and O–H groups in total. The molecule has 0 aliphatic rings. The summed E-state index contributed by atoms with van der Waals surface area (Å²) >= 11 is 0. The maximum absolute atomic E-state index is 12.1. The van der Waals surface area contributed by atoms with Gasteiger partial charge in [-0.15, -0.1) is 0 Å². The summed E-state index contributed by atoms with van der Waals surface area (Å²) in [7, 11) is 5.06. The Morgan fingerprint density at radius 2 is 2.13 bits per heavy atom. The van der Waals surface area contributed by atoms with Crippen LogP contribution in [0.5, 0.6) is 11.5 Å². The number of aromatic nitrogens is 1. The van der Waals surface area contributed by atoms with Gasteiger partial charge in [-0.25, -0.2) is 0 Å². The number of ether oxygens (including phenoxy) is 2. The first-order chi connectivity index (χ1) is 11.1. The van der Waals surface area contributed by atoms with Crippen LogP contribution < -0.4 is 14.8 Å². The monoisotopic (exact) mass is 319 g/mol. The fourth-order valence-electron chi connectivity index (χ4n) is 2.08. The Morgan fingerprint density at radius 1 is 1.30 bits per heavy atom. The van der Waals surface area contributed by atoms with Crippen LogP contribution in [0.25, 0.3) is 0 Å². The normalized spacial score (nSPS) is 10.6. The smallest absolute Gasteiger partial charge is 0.225 e. The largest absolute Gasteiger partial charge is 0.497 e. The highest BCUT2D eigenvalue weighted by molar-refractivity contribution is 5.92. The van der Waals surface area contributed by atoms with Crippen molar-refractivity contribution in [3.05, 3.63) is 36.2 Å². The number of hydrogen-bond acceptors (Lipinski definition) is 6. The van der Waals surface area contributed by atoms with Crippen LogP contribution in [0.2, 0.25) is 0 Å². The molecule has 0 atom stereocenters. The predicted molar refractivity (Wildman–Crippen MR) is 85.6 cm³/mol. The van der Waals surface area contributed by atoms with Crippen molar-refractivity contribution >= 4 is 11.6 Å². The standard InChI is InChI=1S/C16H21N3O4/c1-19(11-12-7-9-23-18-12)8-6-16(20)17-14-5-4-13(21-2)10-15(14)22-3/h4-5,7,9-10H,6,8,11H2,1-3H3,(H,17,20). The summed E-state index contributed by atoms with van der Waals surface area (Å²) in [5, 5.41) is 6.69. The van der Waals surface area contributed by atoms with Crippen LogP contribution in [-0.4, -0.2) is 43.8 Å². The Kier molecular flexibility index (Phi) is 5.99. The van der Waals surface area contributed by atoms with Crippen LogP contribution >= 0.6 is 0 Å². The number of hydrogen-bond donors (Lipinski definition) is 1. The van der Waals surface area contributed by atoms with Crippen LogP contribution in [0.3, 0.4) is 0 Å². The average molecular weight is 319 g/mol. The van der Waals surface area contributed by atoms with Crippen molar-refractivity contribution in [2.45, 2.75) is 13.0 Å². The molecule has 0 aliphatic heterocycles. The lowest BCUT2D eigenvalue weighted by Gasteiger charge is -2.15. The van der Waals surface area contributed by atoms with Gasteiger partial charge >= 0.3 is 0 Å². The second kappa shape index (κ2) is 8.19. The predicted octanol–water partition coefficient (Wildman–Crippen LogP) is 2.15. The highest BCUT2D eigenvalue weighted by Gasteiger charge is 2.10. The highest BCUT2D eigenvalue weighted by atomic mass is 16.5. The van der Waals surface area contributed by atoms with Crippen molar-refractivity contribution in [1.29, 1.82) is 0 Å². The van der Waals surface area contributed by atoms with Crippen LogP contribution in [0.4, 0.5) is 5.69 Å². The van der Waals surface area contributed by atoms with E-state index in [0.717, 1.165) is 5.69 Å². The molecule has 2 aromatic rings. The van der Waals surface area contributed by atoms with Crippen molar-refractivity contribution in [1.82, 2.24) is 10.1 Å². The van der Waals surface area contributed by atoms with Gasteiger partial charge in [0.15, 0.2) is 0 Å². The quantitative estimate of drug-likeness (QED) is 0.803. The molecule has 0 unspecified atom stereocenters. The van der Waals surface area contributed by atoms with E-state index in [1.165, 1.54) is 6.26 Å². The molecule has 0 fully saturated rings. The Balaban J connectivity index is 1.84. The van der Waals surface area contributed by atoms with Crippen LogP contribution in [-0.2, 0) is 11.3 Å². The number of amides is 1. The molecule has 23 heavy (non-hydrogen) atoms. The molecular weight excluding hydrogens is 298 g/mol. The maximum Gasteiger partial charge on any atom is 0.225 e. The fourth-order valence-corrected chi connectivity index (χ4v) is 2.08. The van der Waals surface area contributed by atoms with Gasteiger partial charge < -0.3 is 19.3 Å². The van der Waals surface area contributed by atoms with Crippen LogP contribution in [0.15, 0.2) is 35.1 Å². The molecule has 0 saturated carbocycles. The number of methoxy groups -OCH3 is 2. The van der Waals surface area contributed by atoms with Crippen molar-refractivity contribution in [3.8, 4) is 11.5 Å². The first kappa shape index (κ1) is 16.8. The maximum atomic E-state index is 12.1. The zero-order valence-corrected chi connectivity index (χ0v) is 13.5. The van der Waals surface area contributed by atoms with E-state index >= 15 is 0 Å². The number of nitrogens with zero attached hydrogens (tertiary/aromatic N) is 2. The third-order valence-electron chi connectivity index (χ3n) is 3.33. The van der Waals surface area contributed by atoms with Crippen LogP contribution in [0.1, 0.15) is 12.1 Å². The van der Waals surface area contributed by atoms with Gasteiger partial charge in [-0.05, 0) is 19.2 Å². The van der Waals surface area contributed by atoms with Crippen molar-refractivity contribution in [2.75, 3.05) is 33.1 Å². The molecule has 1 aromatic carbocycles. The minimum Gasteiger partial charge on any atom is -0.497 e. The molecule has 0 aliphatic carbocycles. The molecule has 0 saturated heterocycles. The van der Waals surface area contributed by atoms with Gasteiger partial charge in [-0.1, -0.05) is 5.16 Å². The SMILES string of the molecule is COc1ccc(NC(=O)CCN(C)Cc2ccon2)c(OC)c1. The van der Waals surface area contributed by atoms with Crippen LogP contribution in [0, 0.1) is 0 Å². The lowest BCUT2D eigenvalue weighted by molar-refractivity contribution is -0.116. The molecule has 0 bridgehead atoms. The molecular formula is C16H21N3O4. The molecule has 0 spiro atoms. The summed E-state index contributed by atoms with van der Waals surface area (Å²) < 4.78 is 15.2. The first-order valence-electron chi connectivity index (χ1n) is 7.22. The van der Waals surface area contributed by atoms with E-state index in [-0.39, 0.29) is 5.91 Å². The van der Waals surface area contributed by atoms with Gasteiger partial charge in [0.2, 0.25) is 5.91 Å². The number of benzene rings is 1. The molecule has 1 heterocycles. The van der Waals surface area contributed by atoms with E-state index in [1.807, 2.05) is 11.9 Å². The lowest BCUT2D eigenvalue weighted by atomic mass is 10.2. The topological polar surface area (TPSA) is 76.8 Å². The van der Waals surface area contributed by atoms with E-state index in [0.29, 0.717) is 36.7 Å². The van der Waals surface area contributed by atoms with Gasteiger partial charge in [0, 0.05) is 31.6 Å². The fraction of sp³-hybridized carbons (Fsp3) is 0.375. The van der Waals surface area contributed by atoms with Gasteiger partial charge in [0.1, 0.15) is 17.8 Å². The highest BCUT2D eigenvalue weighted by Crippen LogP contribution is 2.29.